The lowest BCUT2D eigenvalue weighted by molar-refractivity contribution is -0.119. The first-order valence-electron chi connectivity index (χ1n) is 9.54. The van der Waals surface area contributed by atoms with Crippen molar-refractivity contribution in [1.82, 2.24) is 29.9 Å². The number of nitrogens with zero attached hydrogens (tertiary/aromatic N) is 6. The summed E-state index contributed by atoms with van der Waals surface area (Å²) >= 11 is 0. The molecule has 0 amide bonds. The molecule has 5 rings (SSSR count). The third-order valence-corrected chi connectivity index (χ3v) is 5.86. The fourth-order valence-corrected chi connectivity index (χ4v) is 4.53. The van der Waals surface area contributed by atoms with E-state index in [0.29, 0.717) is 25.0 Å². The lowest BCUT2D eigenvalue weighted by Gasteiger charge is -2.20. The highest BCUT2D eigenvalue weighted by Gasteiger charge is 2.39. The van der Waals surface area contributed by atoms with Crippen LogP contribution in [-0.2, 0) is 18.3 Å². The Morgan fingerprint density at radius 1 is 1.11 bits per heavy atom. The number of hydrogen-bond donors (Lipinski definition) is 0. The molecule has 138 valence electrons. The highest BCUT2D eigenvalue weighted by Crippen LogP contribution is 2.37. The lowest BCUT2D eigenvalue weighted by Crippen LogP contribution is -2.34. The van der Waals surface area contributed by atoms with Crippen LogP contribution < -0.4 is 0 Å². The first kappa shape index (κ1) is 16.5. The monoisotopic (exact) mass is 362 g/mol. The Bertz CT molecular complexity index is 993. The minimum atomic E-state index is 0.249. The Hall–Kier alpha value is -2.67. The molecule has 0 radical (unpaired) electrons. The normalized spacial score (nSPS) is 22.0. The third-order valence-electron chi connectivity index (χ3n) is 5.86. The molecule has 2 bridgehead atoms. The molecule has 2 fully saturated rings. The predicted molar refractivity (Wildman–Crippen MR) is 101 cm³/mol. The van der Waals surface area contributed by atoms with Crippen LogP contribution in [0, 0.1) is 0 Å². The molecule has 5 heterocycles. The second kappa shape index (κ2) is 6.49. The van der Waals surface area contributed by atoms with Gasteiger partial charge in [0, 0.05) is 42.0 Å². The van der Waals surface area contributed by atoms with E-state index in [1.807, 2.05) is 25.4 Å². The molecule has 0 saturated carbocycles. The van der Waals surface area contributed by atoms with Crippen LogP contribution in [-0.4, -0.2) is 54.3 Å². The molecule has 0 aromatic carbocycles. The predicted octanol–water partition coefficient (Wildman–Crippen LogP) is 2.16. The van der Waals surface area contributed by atoms with Gasteiger partial charge in [0.1, 0.15) is 5.69 Å². The van der Waals surface area contributed by atoms with Crippen LogP contribution in [0.1, 0.15) is 31.4 Å². The van der Waals surface area contributed by atoms with Gasteiger partial charge in [-0.15, -0.1) is 5.10 Å². The number of fused-ring (bicyclic) bond motifs is 3. The van der Waals surface area contributed by atoms with Crippen molar-refractivity contribution in [3.05, 3.63) is 36.4 Å². The van der Waals surface area contributed by atoms with Crippen molar-refractivity contribution in [1.29, 1.82) is 0 Å². The van der Waals surface area contributed by atoms with Gasteiger partial charge in [0.25, 0.3) is 0 Å². The lowest BCUT2D eigenvalue weighted by atomic mass is 10.0. The quantitative estimate of drug-likeness (QED) is 0.692. The van der Waals surface area contributed by atoms with E-state index in [1.165, 1.54) is 25.7 Å². The van der Waals surface area contributed by atoms with Crippen molar-refractivity contribution < 1.29 is 4.79 Å². The van der Waals surface area contributed by atoms with Crippen LogP contribution >= 0.6 is 0 Å². The Kier molecular flexibility index (Phi) is 3.97. The largest absolute Gasteiger partial charge is 0.298 e. The molecule has 2 aliphatic heterocycles. The van der Waals surface area contributed by atoms with Crippen LogP contribution in [0.4, 0.5) is 0 Å². The maximum Gasteiger partial charge on any atom is 0.152 e. The Morgan fingerprint density at radius 2 is 1.89 bits per heavy atom. The molecular formula is C20H22N6O. The summed E-state index contributed by atoms with van der Waals surface area (Å²) in [7, 11) is 1.84. The Balaban J connectivity index is 1.35. The van der Waals surface area contributed by atoms with Crippen molar-refractivity contribution in [2.75, 3.05) is 6.54 Å². The molecule has 7 nitrogen and oxygen atoms in total. The molecule has 0 unspecified atom stereocenters. The number of pyridine rings is 2. The highest BCUT2D eigenvalue weighted by atomic mass is 16.1. The van der Waals surface area contributed by atoms with Gasteiger partial charge in [0.05, 0.1) is 30.9 Å². The Morgan fingerprint density at radius 3 is 2.59 bits per heavy atom. The summed E-state index contributed by atoms with van der Waals surface area (Å²) in [5.41, 5.74) is 3.31. The van der Waals surface area contributed by atoms with Crippen LogP contribution in [0.25, 0.3) is 22.2 Å². The highest BCUT2D eigenvalue weighted by molar-refractivity contribution is 5.86. The van der Waals surface area contributed by atoms with Gasteiger partial charge in [-0.1, -0.05) is 5.21 Å². The maximum absolute atomic E-state index is 12.6. The molecule has 0 atom stereocenters. The molecule has 3 aromatic rings. The van der Waals surface area contributed by atoms with Gasteiger partial charge in [0.15, 0.2) is 5.78 Å². The van der Waals surface area contributed by atoms with Crippen LogP contribution in [0.15, 0.2) is 30.7 Å². The van der Waals surface area contributed by atoms with E-state index < -0.39 is 0 Å². The van der Waals surface area contributed by atoms with E-state index in [2.05, 4.69) is 25.2 Å². The number of aromatic nitrogens is 5. The number of rotatable bonds is 5. The van der Waals surface area contributed by atoms with Crippen molar-refractivity contribution in [3.63, 3.8) is 0 Å². The van der Waals surface area contributed by atoms with Crippen LogP contribution in [0.2, 0.25) is 0 Å². The molecule has 27 heavy (non-hydrogen) atoms. The minimum absolute atomic E-state index is 0.249. The summed E-state index contributed by atoms with van der Waals surface area (Å²) in [5, 5.41) is 9.08. The average Bonchev–Trinajstić information content (AvgIpc) is 3.37. The summed E-state index contributed by atoms with van der Waals surface area (Å²) < 4.78 is 1.67. The van der Waals surface area contributed by atoms with Gasteiger partial charge in [-0.25, -0.2) is 0 Å². The standard InChI is InChI=1S/C20H22N6O/c1-25-12-20(23-24-25)14-6-13-7-15(21-10-19(13)22-9-14)8-18(27)11-26-16-2-3-17(26)5-4-16/h6-7,9-10,12,16-17H,2-5,8,11H2,1H3. The zero-order valence-corrected chi connectivity index (χ0v) is 15.4. The fourth-order valence-electron chi connectivity index (χ4n) is 4.53. The molecule has 7 heteroatoms. The second-order valence-corrected chi connectivity index (χ2v) is 7.72. The summed E-state index contributed by atoms with van der Waals surface area (Å²) in [6, 6.07) is 5.26. The van der Waals surface area contributed by atoms with Crippen molar-refractivity contribution >= 4 is 16.7 Å². The number of ketones is 1. The second-order valence-electron chi connectivity index (χ2n) is 7.72. The van der Waals surface area contributed by atoms with E-state index in [0.717, 1.165) is 27.9 Å². The first-order chi connectivity index (χ1) is 13.2. The average molecular weight is 362 g/mol. The topological polar surface area (TPSA) is 76.8 Å². The number of hydrogen-bond acceptors (Lipinski definition) is 6. The van der Waals surface area contributed by atoms with Gasteiger partial charge in [-0.05, 0) is 37.8 Å². The molecule has 0 spiro atoms. The van der Waals surface area contributed by atoms with Crippen molar-refractivity contribution in [2.24, 2.45) is 7.05 Å². The summed E-state index contributed by atoms with van der Waals surface area (Å²) in [5.74, 6) is 0.249. The number of Topliss-reactive ketones (excluding diaryl/α,β-unsaturated/α-hetero) is 1. The number of carbonyl (C=O) groups excluding carboxylic acids is 1. The molecule has 0 aliphatic carbocycles. The summed E-state index contributed by atoms with van der Waals surface area (Å²) in [6.07, 6.45) is 10.8. The number of aryl methyl sites for hydroxylation is 1. The molecule has 2 aliphatic rings. The van der Waals surface area contributed by atoms with Gasteiger partial charge < -0.3 is 0 Å². The van der Waals surface area contributed by atoms with E-state index in [4.69, 9.17) is 0 Å². The SMILES string of the molecule is Cn1cc(-c2cnc3cnc(CC(=O)CN4C5CCC4CC5)cc3c2)nn1. The van der Waals surface area contributed by atoms with E-state index >= 15 is 0 Å². The molecule has 0 N–H and O–H groups in total. The van der Waals surface area contributed by atoms with Gasteiger partial charge in [-0.2, -0.15) is 0 Å². The molecule has 2 saturated heterocycles. The van der Waals surface area contributed by atoms with Gasteiger partial charge in [0.2, 0.25) is 0 Å². The van der Waals surface area contributed by atoms with Gasteiger partial charge >= 0.3 is 0 Å². The molecule has 3 aromatic heterocycles. The maximum atomic E-state index is 12.6. The zero-order chi connectivity index (χ0) is 18.4. The fraction of sp³-hybridized carbons (Fsp3) is 0.450. The van der Waals surface area contributed by atoms with E-state index in [1.54, 1.807) is 17.1 Å². The van der Waals surface area contributed by atoms with Crippen molar-refractivity contribution in [3.8, 4) is 11.3 Å². The zero-order valence-electron chi connectivity index (χ0n) is 15.4. The Labute approximate surface area is 157 Å². The summed E-state index contributed by atoms with van der Waals surface area (Å²) in [6.45, 7) is 0.562. The molecular weight excluding hydrogens is 340 g/mol. The van der Waals surface area contributed by atoms with E-state index in [9.17, 15) is 4.79 Å². The van der Waals surface area contributed by atoms with Gasteiger partial charge in [-0.3, -0.25) is 24.3 Å². The summed E-state index contributed by atoms with van der Waals surface area (Å²) in [4.78, 5) is 23.9. The third kappa shape index (κ3) is 3.12. The van der Waals surface area contributed by atoms with Crippen LogP contribution in [0.5, 0.6) is 0 Å². The number of carbonyl (C=O) groups is 1. The van der Waals surface area contributed by atoms with Crippen LogP contribution in [0.3, 0.4) is 0 Å². The minimum Gasteiger partial charge on any atom is -0.298 e. The van der Waals surface area contributed by atoms with E-state index in [-0.39, 0.29) is 5.78 Å². The smallest absolute Gasteiger partial charge is 0.152 e. The first-order valence-corrected chi connectivity index (χ1v) is 9.54. The van der Waals surface area contributed by atoms with Crippen molar-refractivity contribution in [2.45, 2.75) is 44.2 Å².